The second-order valence-corrected chi connectivity index (χ2v) is 9.60. The number of rotatable bonds is 4. The van der Waals surface area contributed by atoms with Gasteiger partial charge in [0, 0.05) is 31.7 Å². The van der Waals surface area contributed by atoms with Gasteiger partial charge in [-0.3, -0.25) is 4.79 Å². The number of halogens is 1. The molecule has 2 heterocycles. The Hall–Kier alpha value is -3.57. The van der Waals surface area contributed by atoms with Crippen LogP contribution in [0.25, 0.3) is 16.9 Å². The first-order chi connectivity index (χ1) is 16.9. The Labute approximate surface area is 211 Å². The van der Waals surface area contributed by atoms with Crippen molar-refractivity contribution in [3.8, 4) is 16.9 Å². The molecule has 0 spiro atoms. The van der Waals surface area contributed by atoms with Gasteiger partial charge in [0.2, 0.25) is 0 Å². The number of nitrogens with zero attached hydrogens (tertiary/aromatic N) is 4. The van der Waals surface area contributed by atoms with Crippen molar-refractivity contribution in [1.82, 2.24) is 14.7 Å². The summed E-state index contributed by atoms with van der Waals surface area (Å²) in [6.07, 6.45) is 0. The van der Waals surface area contributed by atoms with Crippen molar-refractivity contribution in [3.63, 3.8) is 0 Å². The number of piperazine rings is 1. The molecule has 1 aromatic heterocycles. The van der Waals surface area contributed by atoms with Crippen molar-refractivity contribution in [2.45, 2.75) is 20.8 Å². The van der Waals surface area contributed by atoms with Crippen molar-refractivity contribution < 1.29 is 4.79 Å². The number of hydrogen-bond donors (Lipinski definition) is 0. The summed E-state index contributed by atoms with van der Waals surface area (Å²) >= 11 is 6.40. The lowest BCUT2D eigenvalue weighted by Gasteiger charge is -2.36. The van der Waals surface area contributed by atoms with Gasteiger partial charge in [0.25, 0.3) is 5.91 Å². The summed E-state index contributed by atoms with van der Waals surface area (Å²) in [4.78, 5) is 17.9. The summed E-state index contributed by atoms with van der Waals surface area (Å²) < 4.78 is 1.79. The lowest BCUT2D eigenvalue weighted by atomic mass is 10.0. The Bertz CT molecular complexity index is 1390. The molecule has 4 aromatic rings. The maximum Gasteiger partial charge on any atom is 0.272 e. The zero-order chi connectivity index (χ0) is 24.5. The van der Waals surface area contributed by atoms with E-state index in [2.05, 4.69) is 43.0 Å². The first-order valence-electron chi connectivity index (χ1n) is 11.9. The third-order valence-corrected chi connectivity index (χ3v) is 7.06. The number of aryl methyl sites for hydroxylation is 3. The molecule has 6 heteroatoms. The van der Waals surface area contributed by atoms with Crippen LogP contribution in [-0.4, -0.2) is 46.8 Å². The average Bonchev–Trinajstić information content (AvgIpc) is 3.31. The minimum absolute atomic E-state index is 0.00658. The van der Waals surface area contributed by atoms with E-state index in [9.17, 15) is 4.79 Å². The molecule has 0 saturated carbocycles. The normalized spacial score (nSPS) is 13.8. The maximum absolute atomic E-state index is 13.8. The van der Waals surface area contributed by atoms with E-state index in [0.717, 1.165) is 46.3 Å². The number of amides is 1. The second kappa shape index (κ2) is 9.59. The molecular weight excluding hydrogens is 456 g/mol. The summed E-state index contributed by atoms with van der Waals surface area (Å²) in [5.41, 5.74) is 7.86. The Morgan fingerprint density at radius 2 is 1.60 bits per heavy atom. The van der Waals surface area contributed by atoms with Crippen LogP contribution in [0.5, 0.6) is 0 Å². The van der Waals surface area contributed by atoms with Crippen LogP contribution in [-0.2, 0) is 0 Å². The molecule has 1 amide bonds. The number of hydrogen-bond acceptors (Lipinski definition) is 3. The lowest BCUT2D eigenvalue weighted by molar-refractivity contribution is 0.0737. The molecule has 5 nitrogen and oxygen atoms in total. The van der Waals surface area contributed by atoms with E-state index in [-0.39, 0.29) is 5.91 Å². The fourth-order valence-corrected chi connectivity index (χ4v) is 4.81. The number of aromatic nitrogens is 2. The van der Waals surface area contributed by atoms with Crippen LogP contribution in [0.4, 0.5) is 5.69 Å². The monoisotopic (exact) mass is 484 g/mol. The number of carbonyl (C=O) groups excluding carboxylic acids is 1. The molecular formula is C29H29ClN4O. The number of para-hydroxylation sites is 1. The van der Waals surface area contributed by atoms with Crippen LogP contribution in [0.3, 0.4) is 0 Å². The molecule has 0 radical (unpaired) electrons. The highest BCUT2D eigenvalue weighted by Crippen LogP contribution is 2.28. The molecule has 35 heavy (non-hydrogen) atoms. The third kappa shape index (κ3) is 4.69. The molecule has 0 atom stereocenters. The van der Waals surface area contributed by atoms with E-state index in [1.54, 1.807) is 4.68 Å². The van der Waals surface area contributed by atoms with Crippen LogP contribution in [0, 0.1) is 20.8 Å². The number of carbonyl (C=O) groups is 1. The van der Waals surface area contributed by atoms with Gasteiger partial charge >= 0.3 is 0 Å². The standard InChI is InChI=1S/C29H29ClN4O/c1-20-7-6-8-24(17-20)34-28(19-26(31-34)23-12-11-21(2)22(3)18-23)29(35)33-15-13-32(14-16-33)27-10-5-4-9-25(27)30/h4-12,17-19H,13-16H2,1-3H3. The lowest BCUT2D eigenvalue weighted by Crippen LogP contribution is -2.49. The first-order valence-corrected chi connectivity index (χ1v) is 12.3. The van der Waals surface area contributed by atoms with Crippen molar-refractivity contribution in [1.29, 1.82) is 0 Å². The average molecular weight is 485 g/mol. The highest BCUT2D eigenvalue weighted by molar-refractivity contribution is 6.33. The van der Waals surface area contributed by atoms with Gasteiger partial charge in [-0.25, -0.2) is 4.68 Å². The zero-order valence-corrected chi connectivity index (χ0v) is 21.1. The molecule has 178 valence electrons. The summed E-state index contributed by atoms with van der Waals surface area (Å²) in [7, 11) is 0. The smallest absolute Gasteiger partial charge is 0.272 e. The molecule has 1 aliphatic heterocycles. The van der Waals surface area contributed by atoms with Crippen LogP contribution in [0.1, 0.15) is 27.2 Å². The summed E-state index contributed by atoms with van der Waals surface area (Å²) in [5, 5.41) is 5.63. The Morgan fingerprint density at radius 1 is 0.829 bits per heavy atom. The number of benzene rings is 3. The summed E-state index contributed by atoms with van der Waals surface area (Å²) in [6.45, 7) is 8.97. The van der Waals surface area contributed by atoms with Crippen LogP contribution < -0.4 is 4.90 Å². The molecule has 0 aliphatic carbocycles. The van der Waals surface area contributed by atoms with E-state index in [1.807, 2.05) is 60.4 Å². The second-order valence-electron chi connectivity index (χ2n) is 9.20. The molecule has 5 rings (SSSR count). The van der Waals surface area contributed by atoms with E-state index < -0.39 is 0 Å². The van der Waals surface area contributed by atoms with Gasteiger partial charge in [0.15, 0.2) is 0 Å². The van der Waals surface area contributed by atoms with Gasteiger partial charge in [0.1, 0.15) is 5.69 Å². The largest absolute Gasteiger partial charge is 0.367 e. The molecule has 1 saturated heterocycles. The van der Waals surface area contributed by atoms with Gasteiger partial charge in [-0.2, -0.15) is 5.10 Å². The molecule has 0 unspecified atom stereocenters. The Kier molecular flexibility index (Phi) is 6.35. The van der Waals surface area contributed by atoms with Gasteiger partial charge in [-0.15, -0.1) is 0 Å². The van der Waals surface area contributed by atoms with E-state index in [0.29, 0.717) is 18.8 Å². The van der Waals surface area contributed by atoms with E-state index in [4.69, 9.17) is 16.7 Å². The Balaban J connectivity index is 1.46. The molecule has 3 aromatic carbocycles. The fraction of sp³-hybridized carbons (Fsp3) is 0.241. The van der Waals surface area contributed by atoms with Crippen LogP contribution in [0.15, 0.2) is 72.8 Å². The Morgan fingerprint density at radius 3 is 2.31 bits per heavy atom. The molecule has 1 fully saturated rings. The van der Waals surface area contributed by atoms with Crippen molar-refractivity contribution in [2.24, 2.45) is 0 Å². The predicted molar refractivity (Wildman–Crippen MR) is 143 cm³/mol. The van der Waals surface area contributed by atoms with Gasteiger partial charge in [-0.1, -0.05) is 48.0 Å². The first kappa shape index (κ1) is 23.2. The maximum atomic E-state index is 13.8. The molecule has 1 aliphatic rings. The third-order valence-electron chi connectivity index (χ3n) is 6.74. The van der Waals surface area contributed by atoms with Crippen molar-refractivity contribution in [3.05, 3.63) is 100 Å². The minimum atomic E-state index is -0.00658. The molecule has 0 bridgehead atoms. The van der Waals surface area contributed by atoms with E-state index >= 15 is 0 Å². The van der Waals surface area contributed by atoms with Crippen LogP contribution >= 0.6 is 11.6 Å². The highest BCUT2D eigenvalue weighted by Gasteiger charge is 2.27. The highest BCUT2D eigenvalue weighted by atomic mass is 35.5. The molecule has 0 N–H and O–H groups in total. The van der Waals surface area contributed by atoms with Gasteiger partial charge < -0.3 is 9.80 Å². The zero-order valence-electron chi connectivity index (χ0n) is 20.3. The van der Waals surface area contributed by atoms with Crippen molar-refractivity contribution >= 4 is 23.2 Å². The SMILES string of the molecule is Cc1cccc(-n2nc(-c3ccc(C)c(C)c3)cc2C(=O)N2CCN(c3ccccc3Cl)CC2)c1. The van der Waals surface area contributed by atoms with Crippen LogP contribution in [0.2, 0.25) is 5.02 Å². The topological polar surface area (TPSA) is 41.4 Å². The quantitative estimate of drug-likeness (QED) is 0.352. The summed E-state index contributed by atoms with van der Waals surface area (Å²) in [6, 6.07) is 24.2. The predicted octanol–water partition coefficient (Wildman–Crippen LogP) is 6.08. The van der Waals surface area contributed by atoms with Gasteiger partial charge in [-0.05, 0) is 73.9 Å². The summed E-state index contributed by atoms with van der Waals surface area (Å²) in [5.74, 6) is -0.00658. The van der Waals surface area contributed by atoms with E-state index in [1.165, 1.54) is 11.1 Å². The fourth-order valence-electron chi connectivity index (χ4n) is 4.55. The van der Waals surface area contributed by atoms with Crippen molar-refractivity contribution in [2.75, 3.05) is 31.1 Å². The number of anilines is 1. The van der Waals surface area contributed by atoms with Gasteiger partial charge in [0.05, 0.1) is 22.1 Å². The minimum Gasteiger partial charge on any atom is -0.367 e.